The molecule has 190 valence electrons. The van der Waals surface area contributed by atoms with Crippen molar-refractivity contribution in [2.75, 3.05) is 6.61 Å². The smallest absolute Gasteiger partial charge is 0.266 e. The van der Waals surface area contributed by atoms with Crippen LogP contribution in [0.5, 0.6) is 0 Å². The second-order valence-electron chi connectivity index (χ2n) is 8.63. The van der Waals surface area contributed by atoms with Gasteiger partial charge in [-0.3, -0.25) is 4.18 Å². The van der Waals surface area contributed by atoms with Crippen LogP contribution in [-0.4, -0.2) is 15.0 Å². The highest BCUT2D eigenvalue weighted by atomic mass is 32.2. The molecule has 0 aliphatic rings. The van der Waals surface area contributed by atoms with E-state index in [1.54, 1.807) is 30.3 Å². The summed E-state index contributed by atoms with van der Waals surface area (Å²) in [5, 5.41) is 2.79. The van der Waals surface area contributed by atoms with Crippen LogP contribution in [0.4, 0.5) is 0 Å². The van der Waals surface area contributed by atoms with E-state index in [0.29, 0.717) is 0 Å². The Morgan fingerprint density at radius 3 is 1.43 bits per heavy atom. The Kier molecular flexibility index (Phi) is 15.3. The van der Waals surface area contributed by atoms with Gasteiger partial charge in [-0.25, -0.2) is 0 Å². The number of rotatable bonds is 15. The van der Waals surface area contributed by atoms with Crippen molar-refractivity contribution in [3.8, 4) is 0 Å². The molecule has 35 heavy (non-hydrogen) atoms. The Labute approximate surface area is 215 Å². The van der Waals surface area contributed by atoms with Gasteiger partial charge in [-0.2, -0.15) is 8.42 Å². The molecule has 0 aromatic heterocycles. The highest BCUT2D eigenvalue weighted by molar-refractivity contribution is 7.86. The summed E-state index contributed by atoms with van der Waals surface area (Å²) >= 11 is 0. The van der Waals surface area contributed by atoms with Gasteiger partial charge in [-0.1, -0.05) is 152 Å². The highest BCUT2D eigenvalue weighted by Crippen LogP contribution is 2.14. The Morgan fingerprint density at radius 2 is 0.971 bits per heavy atom. The Hall–Kier alpha value is -2.00. The minimum absolute atomic E-state index is 0.238. The lowest BCUT2D eigenvalue weighted by atomic mass is 10.1. The first kappa shape index (κ1) is 29.2. The summed E-state index contributed by atoms with van der Waals surface area (Å²) < 4.78 is 28.8. The summed E-state index contributed by atoms with van der Waals surface area (Å²) in [6.45, 7) is 2.52. The lowest BCUT2D eigenvalue weighted by molar-refractivity contribution is 0.306. The van der Waals surface area contributed by atoms with Crippen molar-refractivity contribution in [1.29, 1.82) is 0 Å². The fourth-order valence-corrected chi connectivity index (χ4v) is 5.64. The molecule has 0 amide bonds. The summed E-state index contributed by atoms with van der Waals surface area (Å²) in [5.74, 6) is 0. The number of benzene rings is 3. The maximum Gasteiger partial charge on any atom is 0.296 e. The van der Waals surface area contributed by atoms with E-state index in [9.17, 15) is 8.42 Å². The normalized spacial score (nSPS) is 11.0. The first-order chi connectivity index (χ1) is 17.1. The molecule has 0 aliphatic carbocycles. The standard InChI is InChI=1S/C18H30O3S.C12H11P/c1-2-3-4-5-6-7-8-9-10-14-17-21-22(19,20)18-15-12-11-13-16-18;1-3-7-11(8-4-1)13-12-9-5-2-6-10-12/h11-13,15-16H,2-10,14,17H2,1H3;1-10,13H. The van der Waals surface area contributed by atoms with Crippen LogP contribution in [-0.2, 0) is 14.3 Å². The Balaban J connectivity index is 0.000000279. The average molecular weight is 513 g/mol. The minimum atomic E-state index is -3.57. The Morgan fingerprint density at radius 1 is 0.571 bits per heavy atom. The average Bonchev–Trinajstić information content (AvgIpc) is 2.89. The molecule has 3 aromatic carbocycles. The lowest BCUT2D eigenvalue weighted by Gasteiger charge is -2.05. The molecule has 0 heterocycles. The van der Waals surface area contributed by atoms with Crippen molar-refractivity contribution in [3.63, 3.8) is 0 Å². The number of hydrogen-bond acceptors (Lipinski definition) is 3. The molecule has 0 aliphatic heterocycles. The van der Waals surface area contributed by atoms with Crippen LogP contribution in [0.3, 0.4) is 0 Å². The van der Waals surface area contributed by atoms with E-state index in [2.05, 4.69) is 67.6 Å². The van der Waals surface area contributed by atoms with Crippen molar-refractivity contribution < 1.29 is 12.6 Å². The summed E-state index contributed by atoms with van der Waals surface area (Å²) in [7, 11) is -2.79. The molecule has 0 bridgehead atoms. The second-order valence-corrected chi connectivity index (χ2v) is 11.6. The van der Waals surface area contributed by atoms with E-state index >= 15 is 0 Å². The largest absolute Gasteiger partial charge is 0.296 e. The van der Waals surface area contributed by atoms with Crippen LogP contribution in [0.1, 0.15) is 71.1 Å². The molecular weight excluding hydrogens is 471 g/mol. The molecule has 3 aromatic rings. The van der Waals surface area contributed by atoms with Crippen molar-refractivity contribution >= 4 is 29.3 Å². The molecule has 0 atom stereocenters. The van der Waals surface area contributed by atoms with Crippen LogP contribution in [0.25, 0.3) is 0 Å². The summed E-state index contributed by atoms with van der Waals surface area (Å²) in [6.07, 6.45) is 12.3. The zero-order valence-corrected chi connectivity index (χ0v) is 22.9. The summed E-state index contributed by atoms with van der Waals surface area (Å²) in [4.78, 5) is 0.238. The van der Waals surface area contributed by atoms with E-state index in [1.165, 1.54) is 62.0 Å². The third-order valence-corrected chi connectivity index (χ3v) is 8.18. The van der Waals surface area contributed by atoms with Gasteiger partial charge in [0.05, 0.1) is 11.5 Å². The van der Waals surface area contributed by atoms with Gasteiger partial charge in [0.2, 0.25) is 0 Å². The second kappa shape index (κ2) is 18.3. The quantitative estimate of drug-likeness (QED) is 0.119. The highest BCUT2D eigenvalue weighted by Gasteiger charge is 2.13. The van der Waals surface area contributed by atoms with E-state index < -0.39 is 10.1 Å². The third kappa shape index (κ3) is 13.6. The fraction of sp³-hybridized carbons (Fsp3) is 0.400. The van der Waals surface area contributed by atoms with Crippen LogP contribution in [0, 0.1) is 0 Å². The van der Waals surface area contributed by atoms with Crippen molar-refractivity contribution in [1.82, 2.24) is 0 Å². The van der Waals surface area contributed by atoms with Crippen molar-refractivity contribution in [2.45, 2.75) is 76.0 Å². The lowest BCUT2D eigenvalue weighted by Crippen LogP contribution is -2.07. The molecule has 0 unspecified atom stereocenters. The van der Waals surface area contributed by atoms with Crippen molar-refractivity contribution in [3.05, 3.63) is 91.0 Å². The number of hydrogen-bond donors (Lipinski definition) is 0. The molecule has 0 spiro atoms. The third-order valence-electron chi connectivity index (χ3n) is 5.60. The maximum atomic E-state index is 11.9. The first-order valence-corrected chi connectivity index (χ1v) is 15.3. The molecule has 0 radical (unpaired) electrons. The van der Waals surface area contributed by atoms with Gasteiger partial charge in [0.1, 0.15) is 0 Å². The van der Waals surface area contributed by atoms with Gasteiger partial charge >= 0.3 is 0 Å². The van der Waals surface area contributed by atoms with Crippen molar-refractivity contribution in [2.24, 2.45) is 0 Å². The van der Waals surface area contributed by atoms with E-state index in [4.69, 9.17) is 4.18 Å². The first-order valence-electron chi connectivity index (χ1n) is 12.9. The minimum Gasteiger partial charge on any atom is -0.266 e. The fourth-order valence-electron chi connectivity index (χ4n) is 3.62. The van der Waals surface area contributed by atoms with E-state index in [-0.39, 0.29) is 11.5 Å². The summed E-state index contributed by atoms with van der Waals surface area (Å²) in [5.41, 5.74) is 0. The SMILES string of the molecule is CCCCCCCCCCCCOS(=O)(=O)c1ccccc1.c1ccc(Pc2ccccc2)cc1. The van der Waals surface area contributed by atoms with Gasteiger partial charge in [0, 0.05) is 0 Å². The van der Waals surface area contributed by atoms with Gasteiger partial charge in [0.25, 0.3) is 10.1 Å². The van der Waals surface area contributed by atoms with Gasteiger partial charge in [-0.15, -0.1) is 0 Å². The van der Waals surface area contributed by atoms with Crippen LogP contribution >= 0.6 is 8.58 Å². The molecule has 3 rings (SSSR count). The molecule has 0 fully saturated rings. The van der Waals surface area contributed by atoms with Gasteiger partial charge in [0.15, 0.2) is 0 Å². The Bertz CT molecular complexity index is 956. The van der Waals surface area contributed by atoms with E-state index in [1.807, 2.05) is 0 Å². The molecular formula is C30H41O3PS. The predicted octanol–water partition coefficient (Wildman–Crippen LogP) is 7.63. The zero-order chi connectivity index (χ0) is 25.0. The van der Waals surface area contributed by atoms with Crippen LogP contribution in [0.2, 0.25) is 0 Å². The topological polar surface area (TPSA) is 43.4 Å². The molecule has 0 saturated heterocycles. The van der Waals surface area contributed by atoms with Crippen LogP contribution < -0.4 is 10.6 Å². The maximum absolute atomic E-state index is 11.9. The predicted molar refractivity (Wildman–Crippen MR) is 152 cm³/mol. The van der Waals surface area contributed by atoms with E-state index in [0.717, 1.165) is 21.4 Å². The van der Waals surface area contributed by atoms with Gasteiger partial charge in [-0.05, 0) is 29.2 Å². The molecule has 0 N–H and O–H groups in total. The monoisotopic (exact) mass is 512 g/mol. The summed E-state index contributed by atoms with van der Waals surface area (Å²) in [6, 6.07) is 29.5. The number of unbranched alkanes of at least 4 members (excludes halogenated alkanes) is 9. The molecule has 3 nitrogen and oxygen atoms in total. The van der Waals surface area contributed by atoms with Gasteiger partial charge < -0.3 is 0 Å². The molecule has 0 saturated carbocycles. The zero-order valence-electron chi connectivity index (χ0n) is 21.1. The van der Waals surface area contributed by atoms with Crippen LogP contribution in [0.15, 0.2) is 95.9 Å². The molecule has 5 heteroatoms.